The Morgan fingerprint density at radius 2 is 1.95 bits per heavy atom. The summed E-state index contributed by atoms with van der Waals surface area (Å²) in [7, 11) is 0. The van der Waals surface area contributed by atoms with Crippen molar-refractivity contribution >= 4 is 27.5 Å². The Kier molecular flexibility index (Phi) is 4.74. The minimum Gasteiger partial charge on any atom is -0.409 e. The molecular weight excluding hydrogens is 344 g/mol. The predicted octanol–water partition coefficient (Wildman–Crippen LogP) is 3.43. The molecule has 0 aromatic heterocycles. The summed E-state index contributed by atoms with van der Waals surface area (Å²) in [4.78, 5) is 0. The van der Waals surface area contributed by atoms with Gasteiger partial charge in [0.1, 0.15) is 11.6 Å². The van der Waals surface area contributed by atoms with Crippen molar-refractivity contribution in [3.05, 3.63) is 63.6 Å². The van der Waals surface area contributed by atoms with E-state index in [0.717, 1.165) is 0 Å². The van der Waals surface area contributed by atoms with Crippen LogP contribution in [0.5, 0.6) is 0 Å². The van der Waals surface area contributed by atoms with Gasteiger partial charge in [-0.2, -0.15) is 0 Å². The number of amidine groups is 1. The number of halogens is 3. The van der Waals surface area contributed by atoms with Crippen molar-refractivity contribution in [2.24, 2.45) is 10.9 Å². The molecule has 2 aromatic carbocycles. The van der Waals surface area contributed by atoms with E-state index in [1.807, 2.05) is 0 Å². The average molecular weight is 356 g/mol. The van der Waals surface area contributed by atoms with Gasteiger partial charge in [-0.1, -0.05) is 23.4 Å². The van der Waals surface area contributed by atoms with Gasteiger partial charge in [0, 0.05) is 16.6 Å². The summed E-state index contributed by atoms with van der Waals surface area (Å²) in [5.41, 5.74) is 5.90. The minimum absolute atomic E-state index is 0.00982. The maximum absolute atomic E-state index is 14.2. The number of para-hydroxylation sites is 1. The van der Waals surface area contributed by atoms with Gasteiger partial charge in [0.15, 0.2) is 5.84 Å². The quantitative estimate of drug-likeness (QED) is 0.340. The van der Waals surface area contributed by atoms with Gasteiger partial charge in [-0.25, -0.2) is 8.78 Å². The highest BCUT2D eigenvalue weighted by Crippen LogP contribution is 2.26. The van der Waals surface area contributed by atoms with Gasteiger partial charge >= 0.3 is 0 Å². The van der Waals surface area contributed by atoms with Crippen molar-refractivity contribution in [3.8, 4) is 0 Å². The first-order chi connectivity index (χ1) is 10.0. The van der Waals surface area contributed by atoms with Gasteiger partial charge in [0.2, 0.25) is 0 Å². The molecule has 0 bridgehead atoms. The van der Waals surface area contributed by atoms with E-state index < -0.39 is 11.6 Å². The third-order valence-corrected chi connectivity index (χ3v) is 3.54. The zero-order valence-electron chi connectivity index (χ0n) is 10.8. The Labute approximate surface area is 128 Å². The van der Waals surface area contributed by atoms with E-state index >= 15 is 0 Å². The van der Waals surface area contributed by atoms with Gasteiger partial charge in [-0.3, -0.25) is 0 Å². The fourth-order valence-electron chi connectivity index (χ4n) is 1.82. The lowest BCUT2D eigenvalue weighted by Gasteiger charge is -2.11. The van der Waals surface area contributed by atoms with Crippen LogP contribution in [0, 0.1) is 11.6 Å². The molecule has 0 aliphatic heterocycles. The second kappa shape index (κ2) is 6.53. The van der Waals surface area contributed by atoms with Crippen LogP contribution in [0.15, 0.2) is 46.0 Å². The van der Waals surface area contributed by atoms with Crippen LogP contribution in [0.25, 0.3) is 0 Å². The average Bonchev–Trinajstić information content (AvgIpc) is 2.47. The van der Waals surface area contributed by atoms with Gasteiger partial charge in [0.25, 0.3) is 0 Å². The fourth-order valence-corrected chi connectivity index (χ4v) is 2.30. The molecule has 0 spiro atoms. The summed E-state index contributed by atoms with van der Waals surface area (Å²) in [6.07, 6.45) is 0. The maximum atomic E-state index is 14.2. The number of benzene rings is 2. The molecular formula is C14H12BrF2N3O. The number of anilines is 1. The standard InChI is InChI=1S/C14H12BrF2N3O/c15-10-5-2-6-11(16)13(10)19-7-8-3-1-4-9(12(8)17)14(18)20-21/h1-6,19,21H,7H2,(H2,18,20). The summed E-state index contributed by atoms with van der Waals surface area (Å²) in [5, 5.41) is 14.2. The van der Waals surface area contributed by atoms with Crippen LogP contribution in [0.1, 0.15) is 11.1 Å². The number of nitrogens with two attached hydrogens (primary N) is 1. The summed E-state index contributed by atoms with van der Waals surface area (Å²) >= 11 is 3.22. The molecule has 0 atom stereocenters. The van der Waals surface area contributed by atoms with Crippen molar-refractivity contribution in [2.75, 3.05) is 5.32 Å². The minimum atomic E-state index is -0.618. The van der Waals surface area contributed by atoms with Crippen molar-refractivity contribution in [1.82, 2.24) is 0 Å². The molecule has 0 heterocycles. The van der Waals surface area contributed by atoms with E-state index in [0.29, 0.717) is 4.47 Å². The highest BCUT2D eigenvalue weighted by molar-refractivity contribution is 9.10. The summed E-state index contributed by atoms with van der Waals surface area (Å²) < 4.78 is 28.4. The molecule has 21 heavy (non-hydrogen) atoms. The first kappa shape index (κ1) is 15.2. The zero-order chi connectivity index (χ0) is 15.4. The molecule has 0 saturated carbocycles. The normalized spacial score (nSPS) is 11.5. The van der Waals surface area contributed by atoms with Gasteiger partial charge in [-0.05, 0) is 34.1 Å². The number of hydrogen-bond donors (Lipinski definition) is 3. The monoisotopic (exact) mass is 355 g/mol. The van der Waals surface area contributed by atoms with Crippen molar-refractivity contribution in [2.45, 2.75) is 6.54 Å². The Bertz CT molecular complexity index is 672. The summed E-state index contributed by atoms with van der Waals surface area (Å²) in [6, 6.07) is 9.04. The Hall–Kier alpha value is -2.15. The SMILES string of the molecule is N/C(=N/O)c1cccc(CNc2c(F)cccc2Br)c1F. The second-order valence-electron chi connectivity index (χ2n) is 4.21. The molecule has 2 rings (SSSR count). The number of oxime groups is 1. The smallest absolute Gasteiger partial charge is 0.173 e. The van der Waals surface area contributed by atoms with Gasteiger partial charge in [0.05, 0.1) is 11.3 Å². The predicted molar refractivity (Wildman–Crippen MR) is 80.3 cm³/mol. The maximum Gasteiger partial charge on any atom is 0.173 e. The highest BCUT2D eigenvalue weighted by atomic mass is 79.9. The number of hydrogen-bond acceptors (Lipinski definition) is 3. The van der Waals surface area contributed by atoms with Crippen LogP contribution in [0.3, 0.4) is 0 Å². The molecule has 4 nitrogen and oxygen atoms in total. The Balaban J connectivity index is 2.25. The molecule has 110 valence electrons. The lowest BCUT2D eigenvalue weighted by Crippen LogP contribution is -2.16. The molecule has 0 fully saturated rings. The van der Waals surface area contributed by atoms with Crippen LogP contribution in [0.4, 0.5) is 14.5 Å². The molecule has 0 amide bonds. The molecule has 0 aliphatic carbocycles. The molecule has 0 aliphatic rings. The number of nitrogens with zero attached hydrogens (tertiary/aromatic N) is 1. The molecule has 0 saturated heterocycles. The third kappa shape index (κ3) is 3.30. The van der Waals surface area contributed by atoms with Crippen LogP contribution in [0.2, 0.25) is 0 Å². The molecule has 0 unspecified atom stereocenters. The Morgan fingerprint density at radius 3 is 2.62 bits per heavy atom. The first-order valence-corrected chi connectivity index (χ1v) is 6.77. The van der Waals surface area contributed by atoms with Crippen LogP contribution in [-0.2, 0) is 6.54 Å². The molecule has 0 radical (unpaired) electrons. The van der Waals surface area contributed by atoms with Crippen molar-refractivity contribution in [3.63, 3.8) is 0 Å². The summed E-state index contributed by atoms with van der Waals surface area (Å²) in [5.74, 6) is -1.38. The molecule has 2 aromatic rings. The van der Waals surface area contributed by atoms with E-state index in [1.54, 1.807) is 18.2 Å². The number of rotatable bonds is 4. The zero-order valence-corrected chi connectivity index (χ0v) is 12.4. The van der Waals surface area contributed by atoms with E-state index in [1.165, 1.54) is 18.2 Å². The van der Waals surface area contributed by atoms with E-state index in [-0.39, 0.29) is 29.2 Å². The van der Waals surface area contributed by atoms with Gasteiger partial charge < -0.3 is 16.3 Å². The largest absolute Gasteiger partial charge is 0.409 e. The molecule has 4 N–H and O–H groups in total. The molecule has 7 heteroatoms. The first-order valence-electron chi connectivity index (χ1n) is 5.97. The van der Waals surface area contributed by atoms with E-state index in [4.69, 9.17) is 10.9 Å². The van der Waals surface area contributed by atoms with E-state index in [2.05, 4.69) is 26.4 Å². The number of nitrogens with one attached hydrogen (secondary N) is 1. The van der Waals surface area contributed by atoms with Crippen LogP contribution < -0.4 is 11.1 Å². The van der Waals surface area contributed by atoms with Gasteiger partial charge in [-0.15, -0.1) is 0 Å². The lowest BCUT2D eigenvalue weighted by molar-refractivity contribution is 0.318. The van der Waals surface area contributed by atoms with Crippen molar-refractivity contribution in [1.29, 1.82) is 0 Å². The lowest BCUT2D eigenvalue weighted by atomic mass is 10.1. The van der Waals surface area contributed by atoms with Crippen molar-refractivity contribution < 1.29 is 14.0 Å². The summed E-state index contributed by atoms with van der Waals surface area (Å²) in [6.45, 7) is 0.0535. The highest BCUT2D eigenvalue weighted by Gasteiger charge is 2.12. The fraction of sp³-hybridized carbons (Fsp3) is 0.0714. The topological polar surface area (TPSA) is 70.6 Å². The third-order valence-electron chi connectivity index (χ3n) is 2.88. The van der Waals surface area contributed by atoms with E-state index in [9.17, 15) is 8.78 Å². The van der Waals surface area contributed by atoms with Crippen LogP contribution >= 0.6 is 15.9 Å². The Morgan fingerprint density at radius 1 is 1.24 bits per heavy atom. The van der Waals surface area contributed by atoms with Crippen LogP contribution in [-0.4, -0.2) is 11.0 Å². The second-order valence-corrected chi connectivity index (χ2v) is 5.07.